The van der Waals surface area contributed by atoms with Gasteiger partial charge in [0.25, 0.3) is 5.91 Å². The molecule has 94 valence electrons. The maximum atomic E-state index is 11.9. The summed E-state index contributed by atoms with van der Waals surface area (Å²) in [6, 6.07) is 7.32. The minimum absolute atomic E-state index is 0.186. The normalized spacial score (nSPS) is 20.7. The van der Waals surface area contributed by atoms with Crippen molar-refractivity contribution in [1.82, 2.24) is 0 Å². The molecule has 0 bridgehead atoms. The van der Waals surface area contributed by atoms with E-state index in [-0.39, 0.29) is 6.61 Å². The molecule has 1 aromatic carbocycles. The zero-order valence-corrected chi connectivity index (χ0v) is 9.97. The van der Waals surface area contributed by atoms with Crippen molar-refractivity contribution in [3.8, 4) is 0 Å². The van der Waals surface area contributed by atoms with E-state index in [1.165, 1.54) is 6.08 Å². The molecule has 3 N–H and O–H groups in total. The van der Waals surface area contributed by atoms with Gasteiger partial charge >= 0.3 is 5.97 Å². The molecule has 18 heavy (non-hydrogen) atoms. The highest BCUT2D eigenvalue weighted by atomic mass is 16.5. The van der Waals surface area contributed by atoms with E-state index >= 15 is 0 Å². The third kappa shape index (κ3) is 1.84. The highest BCUT2D eigenvalue weighted by Crippen LogP contribution is 2.28. The number of rotatable bonds is 3. The van der Waals surface area contributed by atoms with Crippen molar-refractivity contribution in [2.45, 2.75) is 12.5 Å². The minimum atomic E-state index is -1.62. The van der Waals surface area contributed by atoms with E-state index in [0.717, 1.165) is 5.56 Å². The zero-order valence-electron chi connectivity index (χ0n) is 9.97. The fourth-order valence-corrected chi connectivity index (χ4v) is 1.83. The SMILES string of the molecule is CCOC(=O)C1(C(N)=O)C=Cc2ccccc2N1. The Kier molecular flexibility index (Phi) is 3.06. The summed E-state index contributed by atoms with van der Waals surface area (Å²) in [4.78, 5) is 23.5. The van der Waals surface area contributed by atoms with Crippen LogP contribution in [0.3, 0.4) is 0 Å². The Bertz CT molecular complexity index is 525. The van der Waals surface area contributed by atoms with E-state index in [1.54, 1.807) is 19.1 Å². The van der Waals surface area contributed by atoms with Crippen molar-refractivity contribution in [3.63, 3.8) is 0 Å². The number of ether oxygens (including phenoxy) is 1. The second-order valence-electron chi connectivity index (χ2n) is 3.94. The number of anilines is 1. The number of benzene rings is 1. The van der Waals surface area contributed by atoms with Crippen molar-refractivity contribution in [2.24, 2.45) is 5.73 Å². The fraction of sp³-hybridized carbons (Fsp3) is 0.231. The molecule has 1 atom stereocenters. The first kappa shape index (κ1) is 12.2. The van der Waals surface area contributed by atoms with Crippen LogP contribution in [0.2, 0.25) is 0 Å². The molecule has 5 nitrogen and oxygen atoms in total. The van der Waals surface area contributed by atoms with E-state index in [1.807, 2.05) is 18.2 Å². The van der Waals surface area contributed by atoms with E-state index in [0.29, 0.717) is 5.69 Å². The molecule has 1 aromatic rings. The second-order valence-corrected chi connectivity index (χ2v) is 3.94. The van der Waals surface area contributed by atoms with Gasteiger partial charge in [0.15, 0.2) is 0 Å². The van der Waals surface area contributed by atoms with Gasteiger partial charge < -0.3 is 15.8 Å². The largest absolute Gasteiger partial charge is 0.464 e. The number of fused-ring (bicyclic) bond motifs is 1. The molecule has 5 heteroatoms. The van der Waals surface area contributed by atoms with Crippen LogP contribution in [0.1, 0.15) is 12.5 Å². The average molecular weight is 246 g/mol. The van der Waals surface area contributed by atoms with Crippen LogP contribution in [0.25, 0.3) is 6.08 Å². The van der Waals surface area contributed by atoms with Gasteiger partial charge in [-0.15, -0.1) is 0 Å². The van der Waals surface area contributed by atoms with Gasteiger partial charge in [-0.2, -0.15) is 0 Å². The monoisotopic (exact) mass is 246 g/mol. The Hall–Kier alpha value is -2.30. The van der Waals surface area contributed by atoms with E-state index in [2.05, 4.69) is 5.32 Å². The third-order valence-electron chi connectivity index (χ3n) is 2.79. The van der Waals surface area contributed by atoms with E-state index in [9.17, 15) is 9.59 Å². The number of hydrogen-bond donors (Lipinski definition) is 2. The molecule has 1 heterocycles. The molecule has 1 amide bonds. The maximum Gasteiger partial charge on any atom is 0.345 e. The standard InChI is InChI=1S/C13H14N2O3/c1-2-18-12(17)13(11(14)16)8-7-9-5-3-4-6-10(9)15-13/h3-8,15H,2H2,1H3,(H2,14,16). The lowest BCUT2D eigenvalue weighted by Crippen LogP contribution is -2.56. The number of nitrogens with two attached hydrogens (primary N) is 1. The summed E-state index contributed by atoms with van der Waals surface area (Å²) in [6.45, 7) is 1.86. The molecule has 0 saturated carbocycles. The number of carbonyl (C=O) groups excluding carboxylic acids is 2. The van der Waals surface area contributed by atoms with Crippen LogP contribution in [0.4, 0.5) is 5.69 Å². The maximum absolute atomic E-state index is 11.9. The lowest BCUT2D eigenvalue weighted by molar-refractivity contribution is -0.149. The van der Waals surface area contributed by atoms with Gasteiger partial charge in [0.05, 0.1) is 6.61 Å². The van der Waals surface area contributed by atoms with Gasteiger partial charge in [-0.1, -0.05) is 24.3 Å². The molecule has 0 aliphatic carbocycles. The number of para-hydroxylation sites is 1. The van der Waals surface area contributed by atoms with Gasteiger partial charge in [-0.25, -0.2) is 4.79 Å². The van der Waals surface area contributed by atoms with Crippen LogP contribution in [0, 0.1) is 0 Å². The quantitative estimate of drug-likeness (QED) is 0.613. The number of hydrogen-bond acceptors (Lipinski definition) is 4. The van der Waals surface area contributed by atoms with Crippen LogP contribution >= 0.6 is 0 Å². The lowest BCUT2D eigenvalue weighted by atomic mass is 9.92. The van der Waals surface area contributed by atoms with E-state index < -0.39 is 17.4 Å². The van der Waals surface area contributed by atoms with E-state index in [4.69, 9.17) is 10.5 Å². The highest BCUT2D eigenvalue weighted by Gasteiger charge is 2.45. The molecular weight excluding hydrogens is 232 g/mol. The Labute approximate surface area is 105 Å². The van der Waals surface area contributed by atoms with Crippen LogP contribution in [0.5, 0.6) is 0 Å². The molecule has 0 fully saturated rings. The summed E-state index contributed by atoms with van der Waals surface area (Å²) in [5, 5.41) is 2.86. The first-order valence-electron chi connectivity index (χ1n) is 5.63. The van der Waals surface area contributed by atoms with Crippen molar-refractivity contribution in [1.29, 1.82) is 0 Å². The molecule has 0 aromatic heterocycles. The summed E-state index contributed by atoms with van der Waals surface area (Å²) in [5.74, 6) is -1.48. The van der Waals surface area contributed by atoms with Crippen LogP contribution in [-0.2, 0) is 14.3 Å². The topological polar surface area (TPSA) is 81.4 Å². The molecule has 0 spiro atoms. The summed E-state index contributed by atoms with van der Waals surface area (Å²) < 4.78 is 4.91. The molecular formula is C13H14N2O3. The Morgan fingerprint density at radius 2 is 2.11 bits per heavy atom. The number of primary amides is 1. The van der Waals surface area contributed by atoms with Crippen molar-refractivity contribution in [2.75, 3.05) is 11.9 Å². The summed E-state index contributed by atoms with van der Waals surface area (Å²) in [7, 11) is 0. The second kappa shape index (κ2) is 4.52. The van der Waals surface area contributed by atoms with Crippen LogP contribution in [0.15, 0.2) is 30.3 Å². The van der Waals surface area contributed by atoms with Crippen molar-refractivity contribution in [3.05, 3.63) is 35.9 Å². The third-order valence-corrected chi connectivity index (χ3v) is 2.79. The summed E-state index contributed by atoms with van der Waals surface area (Å²) >= 11 is 0. The molecule has 0 saturated heterocycles. The van der Waals surface area contributed by atoms with Gasteiger partial charge in [0, 0.05) is 5.69 Å². The first-order valence-corrected chi connectivity index (χ1v) is 5.63. The summed E-state index contributed by atoms with van der Waals surface area (Å²) in [5.41, 5.74) is 5.28. The molecule has 0 radical (unpaired) electrons. The molecule has 1 aliphatic heterocycles. The predicted molar refractivity (Wildman–Crippen MR) is 67.7 cm³/mol. The molecule has 1 aliphatic rings. The first-order chi connectivity index (χ1) is 8.60. The number of nitrogens with one attached hydrogen (secondary N) is 1. The van der Waals surface area contributed by atoms with Gasteiger partial charge in [0.2, 0.25) is 5.54 Å². The van der Waals surface area contributed by atoms with Gasteiger partial charge in [-0.05, 0) is 24.6 Å². The number of carbonyl (C=O) groups is 2. The van der Waals surface area contributed by atoms with Gasteiger partial charge in [0.1, 0.15) is 0 Å². The Morgan fingerprint density at radius 3 is 2.78 bits per heavy atom. The van der Waals surface area contributed by atoms with Crippen molar-refractivity contribution < 1.29 is 14.3 Å². The molecule has 1 unspecified atom stereocenters. The summed E-state index contributed by atoms with van der Waals surface area (Å²) in [6.07, 6.45) is 3.13. The fourth-order valence-electron chi connectivity index (χ4n) is 1.83. The van der Waals surface area contributed by atoms with Gasteiger partial charge in [-0.3, -0.25) is 4.79 Å². The lowest BCUT2D eigenvalue weighted by Gasteiger charge is -2.30. The Morgan fingerprint density at radius 1 is 1.39 bits per heavy atom. The van der Waals surface area contributed by atoms with Crippen molar-refractivity contribution >= 4 is 23.6 Å². The predicted octanol–water partition coefficient (Wildman–Crippen LogP) is 0.912. The zero-order chi connectivity index (χ0) is 13.2. The Balaban J connectivity index is 2.42. The minimum Gasteiger partial charge on any atom is -0.464 e. The molecule has 2 rings (SSSR count). The smallest absolute Gasteiger partial charge is 0.345 e. The number of amides is 1. The van der Waals surface area contributed by atoms with Crippen LogP contribution in [-0.4, -0.2) is 24.0 Å². The number of esters is 1. The average Bonchev–Trinajstić information content (AvgIpc) is 2.38. The van der Waals surface area contributed by atoms with Crippen LogP contribution < -0.4 is 11.1 Å². The highest BCUT2D eigenvalue weighted by molar-refractivity contribution is 6.13.